The second-order valence-corrected chi connectivity index (χ2v) is 5.85. The van der Waals surface area contributed by atoms with Gasteiger partial charge in [0.05, 0.1) is 10.8 Å². The summed E-state index contributed by atoms with van der Waals surface area (Å²) in [4.78, 5) is 15.7. The molecule has 21 heavy (non-hydrogen) atoms. The highest BCUT2D eigenvalue weighted by atomic mass is 35.5. The third-order valence-electron chi connectivity index (χ3n) is 2.73. The number of carboxylic acid groups (broad SMARTS) is 1. The van der Waals surface area contributed by atoms with Gasteiger partial charge in [0.15, 0.2) is 5.82 Å². The smallest absolute Gasteiger partial charge is 0.303 e. The van der Waals surface area contributed by atoms with E-state index in [0.29, 0.717) is 35.3 Å². The summed E-state index contributed by atoms with van der Waals surface area (Å²) in [5.41, 5.74) is 0. The Balaban J connectivity index is 1.78. The maximum absolute atomic E-state index is 10.4. The summed E-state index contributed by atoms with van der Waals surface area (Å²) in [5, 5.41) is 13.2. The van der Waals surface area contributed by atoms with E-state index >= 15 is 0 Å². The van der Waals surface area contributed by atoms with Gasteiger partial charge in [-0.2, -0.15) is 4.98 Å². The number of hydrogen-bond acceptors (Lipinski definition) is 5. The zero-order valence-corrected chi connectivity index (χ0v) is 12.9. The Morgan fingerprint density at radius 2 is 2.14 bits per heavy atom. The summed E-state index contributed by atoms with van der Waals surface area (Å²) in [6, 6.07) is 7.60. The lowest BCUT2D eigenvalue weighted by Gasteiger charge is -2.00. The van der Waals surface area contributed by atoms with Gasteiger partial charge in [-0.1, -0.05) is 28.9 Å². The number of thioether (sulfide) groups is 1. The fraction of sp³-hybridized carbons (Fsp3) is 0.357. The van der Waals surface area contributed by atoms with Crippen LogP contribution in [0.1, 0.15) is 31.0 Å². The van der Waals surface area contributed by atoms with Crippen LogP contribution in [0, 0.1) is 0 Å². The molecule has 2 aromatic rings. The number of unbranched alkanes of at least 4 members (excludes halogenated alkanes) is 1. The molecule has 0 aliphatic carbocycles. The highest BCUT2D eigenvalue weighted by Crippen LogP contribution is 2.28. The predicted octanol–water partition coefficient (Wildman–Crippen LogP) is 3.81. The number of nitrogens with zero attached hydrogens (tertiary/aromatic N) is 2. The Bertz CT molecular complexity index is 603. The molecule has 0 unspecified atom stereocenters. The predicted molar refractivity (Wildman–Crippen MR) is 80.5 cm³/mol. The summed E-state index contributed by atoms with van der Waals surface area (Å²) in [6.45, 7) is 0. The van der Waals surface area contributed by atoms with Crippen LogP contribution in [0.2, 0.25) is 5.02 Å². The van der Waals surface area contributed by atoms with Gasteiger partial charge >= 0.3 is 5.97 Å². The molecule has 0 aliphatic heterocycles. The first-order chi connectivity index (χ1) is 10.1. The van der Waals surface area contributed by atoms with Crippen LogP contribution in [0.5, 0.6) is 0 Å². The van der Waals surface area contributed by atoms with Crippen molar-refractivity contribution in [1.29, 1.82) is 0 Å². The quantitative estimate of drug-likeness (QED) is 0.587. The fourth-order valence-corrected chi connectivity index (χ4v) is 2.79. The van der Waals surface area contributed by atoms with Gasteiger partial charge < -0.3 is 9.63 Å². The van der Waals surface area contributed by atoms with E-state index in [1.165, 1.54) is 0 Å². The van der Waals surface area contributed by atoms with Crippen LogP contribution in [0.3, 0.4) is 0 Å². The molecule has 112 valence electrons. The lowest BCUT2D eigenvalue weighted by atomic mass is 10.2. The average molecular weight is 327 g/mol. The van der Waals surface area contributed by atoms with Crippen LogP contribution in [0.4, 0.5) is 0 Å². The molecule has 2 rings (SSSR count). The van der Waals surface area contributed by atoms with Crippen LogP contribution in [-0.2, 0) is 17.0 Å². The molecular weight excluding hydrogens is 312 g/mol. The molecule has 0 bridgehead atoms. The number of benzene rings is 1. The number of aryl methyl sites for hydroxylation is 1. The second-order valence-electron chi connectivity index (χ2n) is 4.42. The van der Waals surface area contributed by atoms with Crippen molar-refractivity contribution in [2.75, 3.05) is 0 Å². The molecular formula is C14H15ClN2O3S. The normalized spacial score (nSPS) is 10.7. The van der Waals surface area contributed by atoms with Gasteiger partial charge in [-0.15, -0.1) is 11.8 Å². The average Bonchev–Trinajstić information content (AvgIpc) is 2.90. The molecule has 1 heterocycles. The Hall–Kier alpha value is -1.53. The van der Waals surface area contributed by atoms with Crippen molar-refractivity contribution in [2.24, 2.45) is 0 Å². The van der Waals surface area contributed by atoms with Gasteiger partial charge in [-0.05, 0) is 25.0 Å². The molecule has 7 heteroatoms. The molecule has 0 atom stereocenters. The molecule has 0 aliphatic rings. The maximum atomic E-state index is 10.4. The van der Waals surface area contributed by atoms with Crippen molar-refractivity contribution >= 4 is 29.3 Å². The van der Waals surface area contributed by atoms with Gasteiger partial charge in [0.1, 0.15) is 0 Å². The summed E-state index contributed by atoms with van der Waals surface area (Å²) >= 11 is 7.62. The minimum Gasteiger partial charge on any atom is -0.481 e. The van der Waals surface area contributed by atoms with Crippen LogP contribution in [-0.4, -0.2) is 21.2 Å². The first-order valence-electron chi connectivity index (χ1n) is 6.56. The molecule has 1 N–H and O–H groups in total. The number of carboxylic acids is 1. The topological polar surface area (TPSA) is 76.2 Å². The van der Waals surface area contributed by atoms with E-state index in [9.17, 15) is 4.79 Å². The van der Waals surface area contributed by atoms with E-state index < -0.39 is 5.97 Å². The SMILES string of the molecule is O=C(O)CCCCc1nc(CSc2ccccc2Cl)no1. The standard InChI is InChI=1S/C14H15ClN2O3S/c15-10-5-1-2-6-11(10)21-9-12-16-13(20-17-12)7-3-4-8-14(18)19/h1-2,5-6H,3-4,7-9H2,(H,18,19). The van der Waals surface area contributed by atoms with Gasteiger partial charge in [0, 0.05) is 17.7 Å². The summed E-state index contributed by atoms with van der Waals surface area (Å²) in [7, 11) is 0. The lowest BCUT2D eigenvalue weighted by molar-refractivity contribution is -0.137. The minimum absolute atomic E-state index is 0.170. The van der Waals surface area contributed by atoms with Crippen molar-refractivity contribution in [3.05, 3.63) is 41.0 Å². The molecule has 0 fully saturated rings. The van der Waals surface area contributed by atoms with Gasteiger partial charge in [0.25, 0.3) is 0 Å². The largest absolute Gasteiger partial charge is 0.481 e. The van der Waals surface area contributed by atoms with Crippen LogP contribution >= 0.6 is 23.4 Å². The monoisotopic (exact) mass is 326 g/mol. The molecule has 0 saturated carbocycles. The Morgan fingerprint density at radius 3 is 2.90 bits per heavy atom. The first-order valence-corrected chi connectivity index (χ1v) is 7.92. The van der Waals surface area contributed by atoms with Crippen molar-refractivity contribution in [3.63, 3.8) is 0 Å². The van der Waals surface area contributed by atoms with E-state index in [0.717, 1.165) is 11.3 Å². The van der Waals surface area contributed by atoms with Gasteiger partial charge in [-0.25, -0.2) is 0 Å². The summed E-state index contributed by atoms with van der Waals surface area (Å²) in [5.74, 6) is 0.975. The van der Waals surface area contributed by atoms with Crippen LogP contribution < -0.4 is 0 Å². The molecule has 0 spiro atoms. The Morgan fingerprint density at radius 1 is 1.33 bits per heavy atom. The van der Waals surface area contributed by atoms with Crippen molar-refractivity contribution in [3.8, 4) is 0 Å². The number of aliphatic carboxylic acids is 1. The summed E-state index contributed by atoms with van der Waals surface area (Å²) < 4.78 is 5.14. The second kappa shape index (κ2) is 8.05. The van der Waals surface area contributed by atoms with Crippen molar-refractivity contribution in [2.45, 2.75) is 36.3 Å². The lowest BCUT2D eigenvalue weighted by Crippen LogP contribution is -1.95. The number of halogens is 1. The zero-order valence-electron chi connectivity index (χ0n) is 11.3. The zero-order chi connectivity index (χ0) is 15.1. The summed E-state index contributed by atoms with van der Waals surface area (Å²) in [6.07, 6.45) is 2.12. The fourth-order valence-electron chi connectivity index (χ4n) is 1.71. The third kappa shape index (κ3) is 5.40. The van der Waals surface area contributed by atoms with E-state index in [2.05, 4.69) is 10.1 Å². The molecule has 0 saturated heterocycles. The van der Waals surface area contributed by atoms with Crippen molar-refractivity contribution < 1.29 is 14.4 Å². The molecule has 1 aromatic carbocycles. The van der Waals surface area contributed by atoms with Crippen LogP contribution in [0.25, 0.3) is 0 Å². The van der Waals surface area contributed by atoms with E-state index in [-0.39, 0.29) is 6.42 Å². The Kier molecular flexibility index (Phi) is 6.07. The molecule has 0 amide bonds. The van der Waals surface area contributed by atoms with Crippen LogP contribution in [0.15, 0.2) is 33.7 Å². The number of hydrogen-bond donors (Lipinski definition) is 1. The Labute approximate surface area is 131 Å². The first kappa shape index (κ1) is 15.9. The maximum Gasteiger partial charge on any atom is 0.303 e. The molecule has 1 aromatic heterocycles. The van der Waals surface area contributed by atoms with E-state index in [1.807, 2.05) is 24.3 Å². The highest BCUT2D eigenvalue weighted by Gasteiger charge is 2.08. The van der Waals surface area contributed by atoms with Crippen molar-refractivity contribution in [1.82, 2.24) is 10.1 Å². The molecule has 0 radical (unpaired) electrons. The van der Waals surface area contributed by atoms with E-state index in [4.69, 9.17) is 21.2 Å². The van der Waals surface area contributed by atoms with E-state index in [1.54, 1.807) is 11.8 Å². The number of rotatable bonds is 8. The number of aromatic nitrogens is 2. The highest BCUT2D eigenvalue weighted by molar-refractivity contribution is 7.98. The third-order valence-corrected chi connectivity index (χ3v) is 4.25. The van der Waals surface area contributed by atoms with Gasteiger partial charge in [-0.3, -0.25) is 4.79 Å². The number of carbonyl (C=O) groups is 1. The molecule has 5 nitrogen and oxygen atoms in total. The minimum atomic E-state index is -0.780. The van der Waals surface area contributed by atoms with Gasteiger partial charge in [0.2, 0.25) is 5.89 Å².